The van der Waals surface area contributed by atoms with Gasteiger partial charge in [-0.15, -0.1) is 0 Å². The predicted molar refractivity (Wildman–Crippen MR) is 80.9 cm³/mol. The van der Waals surface area contributed by atoms with Gasteiger partial charge in [0.05, 0.1) is 0 Å². The molecular formula is C17H29N. The minimum absolute atomic E-state index is 0.491. The molecule has 0 saturated carbocycles. The van der Waals surface area contributed by atoms with E-state index in [1.165, 1.54) is 43.2 Å². The molecule has 0 aliphatic rings. The number of unbranched alkanes of at least 4 members (excludes halogenated alkanes) is 1. The second kappa shape index (κ2) is 8.31. The number of rotatable bonds is 8. The molecule has 1 aromatic rings. The minimum atomic E-state index is 0.491. The Morgan fingerprint density at radius 1 is 1.06 bits per heavy atom. The fourth-order valence-corrected chi connectivity index (χ4v) is 2.67. The summed E-state index contributed by atoms with van der Waals surface area (Å²) in [5, 5.41) is 3.47. The van der Waals surface area contributed by atoms with Crippen molar-refractivity contribution in [2.75, 3.05) is 7.05 Å². The fourth-order valence-electron chi connectivity index (χ4n) is 2.67. The zero-order chi connectivity index (χ0) is 13.4. The molecule has 0 radical (unpaired) electrons. The third-order valence-electron chi connectivity index (χ3n) is 3.78. The molecule has 102 valence electrons. The van der Waals surface area contributed by atoms with Crippen molar-refractivity contribution in [2.24, 2.45) is 5.92 Å². The van der Waals surface area contributed by atoms with E-state index < -0.39 is 0 Å². The lowest BCUT2D eigenvalue weighted by Gasteiger charge is -2.24. The average molecular weight is 247 g/mol. The first-order valence-electron chi connectivity index (χ1n) is 7.49. The van der Waals surface area contributed by atoms with Crippen LogP contribution < -0.4 is 5.32 Å². The van der Waals surface area contributed by atoms with Crippen LogP contribution in [0.2, 0.25) is 0 Å². The molecule has 0 bridgehead atoms. The van der Waals surface area contributed by atoms with Gasteiger partial charge in [-0.25, -0.2) is 0 Å². The van der Waals surface area contributed by atoms with E-state index in [1.807, 2.05) is 0 Å². The molecule has 0 fully saturated rings. The predicted octanol–water partition coefficient (Wildman–Crippen LogP) is 4.73. The normalized spacial score (nSPS) is 14.4. The molecule has 0 amide bonds. The van der Waals surface area contributed by atoms with Crippen LogP contribution in [0.15, 0.2) is 24.3 Å². The van der Waals surface area contributed by atoms with Crippen LogP contribution in [-0.2, 0) is 6.42 Å². The van der Waals surface area contributed by atoms with Gasteiger partial charge in [0.1, 0.15) is 0 Å². The highest BCUT2D eigenvalue weighted by molar-refractivity contribution is 5.25. The molecule has 0 saturated heterocycles. The number of hydrogen-bond acceptors (Lipinski definition) is 1. The average Bonchev–Trinajstić information content (AvgIpc) is 2.39. The first kappa shape index (κ1) is 15.2. The summed E-state index contributed by atoms with van der Waals surface area (Å²) < 4.78 is 0. The van der Waals surface area contributed by atoms with E-state index in [-0.39, 0.29) is 0 Å². The standard InChI is InChI=1S/C17H29N/c1-5-7-9-15-10-12-16(13-11-15)17(18-4)14(3)8-6-2/h10-14,17-18H,5-9H2,1-4H3. The molecule has 0 heterocycles. The molecule has 18 heavy (non-hydrogen) atoms. The zero-order valence-electron chi connectivity index (χ0n) is 12.5. The lowest BCUT2D eigenvalue weighted by molar-refractivity contribution is 0.384. The summed E-state index contributed by atoms with van der Waals surface area (Å²) in [7, 11) is 2.07. The Bertz CT molecular complexity index is 315. The lowest BCUT2D eigenvalue weighted by Crippen LogP contribution is -2.23. The van der Waals surface area contributed by atoms with E-state index in [4.69, 9.17) is 0 Å². The minimum Gasteiger partial charge on any atom is -0.313 e. The van der Waals surface area contributed by atoms with Gasteiger partial charge in [0.2, 0.25) is 0 Å². The van der Waals surface area contributed by atoms with Crippen LogP contribution in [-0.4, -0.2) is 7.05 Å². The molecule has 0 spiro atoms. The summed E-state index contributed by atoms with van der Waals surface area (Å²) in [6.45, 7) is 6.85. The van der Waals surface area contributed by atoms with E-state index in [2.05, 4.69) is 57.4 Å². The lowest BCUT2D eigenvalue weighted by atomic mass is 9.90. The third-order valence-corrected chi connectivity index (χ3v) is 3.78. The van der Waals surface area contributed by atoms with E-state index in [0.29, 0.717) is 12.0 Å². The van der Waals surface area contributed by atoms with Crippen LogP contribution in [0.25, 0.3) is 0 Å². The van der Waals surface area contributed by atoms with E-state index in [0.717, 1.165) is 0 Å². The van der Waals surface area contributed by atoms with Crippen LogP contribution >= 0.6 is 0 Å². The molecule has 1 heteroatoms. The molecular weight excluding hydrogens is 218 g/mol. The van der Waals surface area contributed by atoms with Crippen molar-refractivity contribution in [1.29, 1.82) is 0 Å². The Hall–Kier alpha value is -0.820. The van der Waals surface area contributed by atoms with Crippen molar-refractivity contribution in [1.82, 2.24) is 5.32 Å². The Morgan fingerprint density at radius 3 is 2.22 bits per heavy atom. The van der Waals surface area contributed by atoms with Gasteiger partial charge < -0.3 is 5.32 Å². The fraction of sp³-hybridized carbons (Fsp3) is 0.647. The SMILES string of the molecule is CCCCc1ccc(C(NC)C(C)CCC)cc1. The molecule has 2 atom stereocenters. The first-order valence-corrected chi connectivity index (χ1v) is 7.49. The quantitative estimate of drug-likeness (QED) is 0.700. The van der Waals surface area contributed by atoms with Gasteiger partial charge in [-0.2, -0.15) is 0 Å². The Labute approximate surface area is 113 Å². The number of aryl methyl sites for hydroxylation is 1. The van der Waals surface area contributed by atoms with Crippen molar-refractivity contribution >= 4 is 0 Å². The van der Waals surface area contributed by atoms with Crippen LogP contribution in [0.1, 0.15) is 63.6 Å². The highest BCUT2D eigenvalue weighted by Gasteiger charge is 2.16. The summed E-state index contributed by atoms with van der Waals surface area (Å²) >= 11 is 0. The smallest absolute Gasteiger partial charge is 0.0343 e. The number of hydrogen-bond donors (Lipinski definition) is 1. The summed E-state index contributed by atoms with van der Waals surface area (Å²) in [4.78, 5) is 0. The zero-order valence-corrected chi connectivity index (χ0v) is 12.5. The second-order valence-corrected chi connectivity index (χ2v) is 5.38. The van der Waals surface area contributed by atoms with Crippen LogP contribution in [0, 0.1) is 5.92 Å². The maximum atomic E-state index is 3.47. The first-order chi connectivity index (χ1) is 8.72. The second-order valence-electron chi connectivity index (χ2n) is 5.38. The Morgan fingerprint density at radius 2 is 1.72 bits per heavy atom. The van der Waals surface area contributed by atoms with Gasteiger partial charge in [0.25, 0.3) is 0 Å². The van der Waals surface area contributed by atoms with Crippen LogP contribution in [0.4, 0.5) is 0 Å². The van der Waals surface area contributed by atoms with Gasteiger partial charge >= 0.3 is 0 Å². The molecule has 0 aromatic heterocycles. The van der Waals surface area contributed by atoms with Gasteiger partial charge in [0, 0.05) is 6.04 Å². The van der Waals surface area contributed by atoms with Crippen molar-refractivity contribution in [3.63, 3.8) is 0 Å². The summed E-state index contributed by atoms with van der Waals surface area (Å²) in [5.74, 6) is 0.696. The van der Waals surface area contributed by atoms with Crippen molar-refractivity contribution < 1.29 is 0 Å². The topological polar surface area (TPSA) is 12.0 Å². The molecule has 1 N–H and O–H groups in total. The van der Waals surface area contributed by atoms with E-state index >= 15 is 0 Å². The summed E-state index contributed by atoms with van der Waals surface area (Å²) in [5.41, 5.74) is 2.90. The summed E-state index contributed by atoms with van der Waals surface area (Å²) in [6, 6.07) is 9.70. The largest absolute Gasteiger partial charge is 0.313 e. The molecule has 2 unspecified atom stereocenters. The molecule has 0 aliphatic carbocycles. The monoisotopic (exact) mass is 247 g/mol. The van der Waals surface area contributed by atoms with E-state index in [1.54, 1.807) is 0 Å². The van der Waals surface area contributed by atoms with Gasteiger partial charge in [-0.1, -0.05) is 57.9 Å². The molecule has 1 rings (SSSR count). The van der Waals surface area contributed by atoms with Crippen LogP contribution in [0.3, 0.4) is 0 Å². The van der Waals surface area contributed by atoms with Gasteiger partial charge in [-0.3, -0.25) is 0 Å². The Kier molecular flexibility index (Phi) is 7.04. The highest BCUT2D eigenvalue weighted by Crippen LogP contribution is 2.25. The molecule has 1 nitrogen and oxygen atoms in total. The maximum absolute atomic E-state index is 3.47. The third kappa shape index (κ3) is 4.45. The number of benzene rings is 1. The molecule has 1 aromatic carbocycles. The maximum Gasteiger partial charge on any atom is 0.0343 e. The van der Waals surface area contributed by atoms with Gasteiger partial charge in [0.15, 0.2) is 0 Å². The summed E-state index contributed by atoms with van der Waals surface area (Å²) in [6.07, 6.45) is 6.32. The highest BCUT2D eigenvalue weighted by atomic mass is 14.9. The van der Waals surface area contributed by atoms with Crippen LogP contribution in [0.5, 0.6) is 0 Å². The van der Waals surface area contributed by atoms with E-state index in [9.17, 15) is 0 Å². The van der Waals surface area contributed by atoms with Crippen molar-refractivity contribution in [2.45, 2.75) is 58.9 Å². The number of nitrogens with one attached hydrogen (secondary N) is 1. The van der Waals surface area contributed by atoms with Crippen molar-refractivity contribution in [3.05, 3.63) is 35.4 Å². The van der Waals surface area contributed by atoms with Crippen molar-refractivity contribution in [3.8, 4) is 0 Å². The Balaban J connectivity index is 2.69. The van der Waals surface area contributed by atoms with Gasteiger partial charge in [-0.05, 0) is 43.4 Å². The molecule has 0 aliphatic heterocycles.